The van der Waals surface area contributed by atoms with Gasteiger partial charge in [-0.3, -0.25) is 4.79 Å². The Balaban J connectivity index is 3.12. The summed E-state index contributed by atoms with van der Waals surface area (Å²) in [6.45, 7) is 4.75. The highest BCUT2D eigenvalue weighted by Crippen LogP contribution is 2.05. The molecule has 0 spiro atoms. The van der Waals surface area contributed by atoms with Crippen LogP contribution >= 0.6 is 0 Å². The lowest BCUT2D eigenvalue weighted by molar-refractivity contribution is -0.145. The average Bonchev–Trinajstić information content (AvgIpc) is 2.61. The predicted octanol–water partition coefficient (Wildman–Crippen LogP) is 2.04. The fraction of sp³-hybridized carbons (Fsp3) is 0.889. The number of unbranched alkanes of at least 4 members (excludes halogenated alkanes) is 4. The fourth-order valence-electron chi connectivity index (χ4n) is 1.98. The number of esters is 1. The average molecular weight is 378 g/mol. The van der Waals surface area contributed by atoms with Crippen LogP contribution in [0.15, 0.2) is 0 Å². The van der Waals surface area contributed by atoms with Gasteiger partial charge in [0, 0.05) is 6.42 Å². The first-order valence-electron chi connectivity index (χ1n) is 9.35. The van der Waals surface area contributed by atoms with Crippen molar-refractivity contribution in [2.24, 2.45) is 0 Å². The van der Waals surface area contributed by atoms with Gasteiger partial charge in [0.25, 0.3) is 0 Å². The molecule has 0 atom stereocenters. The van der Waals surface area contributed by atoms with Crippen LogP contribution in [0.25, 0.3) is 0 Å². The molecule has 1 N–H and O–H groups in total. The molecule has 0 radical (unpaired) electrons. The maximum Gasteiger partial charge on any atom is 0.329 e. The normalized spacial score (nSPS) is 10.8. The lowest BCUT2D eigenvalue weighted by Crippen LogP contribution is -2.15. The highest BCUT2D eigenvalue weighted by atomic mass is 16.6. The Morgan fingerprint density at radius 3 is 1.73 bits per heavy atom. The first-order valence-corrected chi connectivity index (χ1v) is 9.35. The molecule has 0 unspecified atom stereocenters. The van der Waals surface area contributed by atoms with Crippen molar-refractivity contribution in [3.63, 3.8) is 0 Å². The molecule has 0 bridgehead atoms. The quantitative estimate of drug-likeness (QED) is 0.254. The zero-order valence-corrected chi connectivity index (χ0v) is 15.9. The Kier molecular flexibility index (Phi) is 19.2. The van der Waals surface area contributed by atoms with E-state index in [1.807, 2.05) is 0 Å². The fourth-order valence-corrected chi connectivity index (χ4v) is 1.98. The lowest BCUT2D eigenvalue weighted by atomic mass is 10.1. The van der Waals surface area contributed by atoms with Crippen molar-refractivity contribution in [2.45, 2.75) is 45.4 Å². The first-order chi connectivity index (χ1) is 12.7. The van der Waals surface area contributed by atoms with E-state index in [4.69, 9.17) is 28.8 Å². The maximum absolute atomic E-state index is 11.5. The summed E-state index contributed by atoms with van der Waals surface area (Å²) in [6.07, 6.45) is 6.04. The Labute approximate surface area is 156 Å². The predicted molar refractivity (Wildman–Crippen MR) is 95.2 cm³/mol. The second-order valence-corrected chi connectivity index (χ2v) is 5.67. The van der Waals surface area contributed by atoms with Crippen molar-refractivity contribution in [2.75, 3.05) is 59.5 Å². The third-order valence-electron chi connectivity index (χ3n) is 3.32. The molecule has 0 aromatic heterocycles. The van der Waals surface area contributed by atoms with E-state index in [0.29, 0.717) is 46.1 Å². The van der Waals surface area contributed by atoms with Crippen LogP contribution < -0.4 is 0 Å². The minimum atomic E-state index is -0.995. The summed E-state index contributed by atoms with van der Waals surface area (Å²) in [4.78, 5) is 21.6. The number of carbonyl (C=O) groups is 2. The van der Waals surface area contributed by atoms with Gasteiger partial charge in [-0.15, -0.1) is 0 Å². The topological polar surface area (TPSA) is 101 Å². The van der Waals surface area contributed by atoms with Gasteiger partial charge in [-0.1, -0.05) is 32.6 Å². The van der Waals surface area contributed by atoms with Crippen LogP contribution in [0.4, 0.5) is 0 Å². The van der Waals surface area contributed by atoms with Gasteiger partial charge in [0.2, 0.25) is 0 Å². The number of hydrogen-bond acceptors (Lipinski definition) is 7. The minimum absolute atomic E-state index is 0.161. The zero-order chi connectivity index (χ0) is 19.3. The standard InChI is InChI=1S/C18H34O8/c1-2-3-4-5-6-7-18(21)26-15-14-24-11-10-22-8-9-23-12-13-25-16-17(19)20/h2-16H2,1H3,(H,19,20). The second kappa shape index (κ2) is 20.1. The van der Waals surface area contributed by atoms with Gasteiger partial charge in [0.1, 0.15) is 13.2 Å². The monoisotopic (exact) mass is 378 g/mol. The summed E-state index contributed by atoms with van der Waals surface area (Å²) < 4.78 is 25.7. The third-order valence-corrected chi connectivity index (χ3v) is 3.32. The van der Waals surface area contributed by atoms with E-state index < -0.39 is 5.97 Å². The van der Waals surface area contributed by atoms with Crippen LogP contribution in [-0.2, 0) is 33.3 Å². The molecule has 0 aromatic rings. The molecule has 0 fully saturated rings. The summed E-state index contributed by atoms with van der Waals surface area (Å²) in [6, 6.07) is 0. The van der Waals surface area contributed by atoms with Gasteiger partial charge in [0.05, 0.1) is 46.2 Å². The number of ether oxygens (including phenoxy) is 5. The van der Waals surface area contributed by atoms with Crippen LogP contribution in [0, 0.1) is 0 Å². The van der Waals surface area contributed by atoms with Crippen molar-refractivity contribution in [1.29, 1.82) is 0 Å². The molecule has 0 rings (SSSR count). The highest BCUT2D eigenvalue weighted by Gasteiger charge is 2.02. The van der Waals surface area contributed by atoms with Crippen molar-refractivity contribution in [1.82, 2.24) is 0 Å². The van der Waals surface area contributed by atoms with Crippen LogP contribution in [0.3, 0.4) is 0 Å². The molecule has 0 amide bonds. The molecule has 154 valence electrons. The summed E-state index contributed by atoms with van der Waals surface area (Å²) in [7, 11) is 0. The van der Waals surface area contributed by atoms with Gasteiger partial charge in [-0.25, -0.2) is 4.79 Å². The Morgan fingerprint density at radius 2 is 1.19 bits per heavy atom. The van der Waals surface area contributed by atoms with E-state index in [1.54, 1.807) is 0 Å². The lowest BCUT2D eigenvalue weighted by Gasteiger charge is -2.08. The smallest absolute Gasteiger partial charge is 0.329 e. The Morgan fingerprint density at radius 1 is 0.692 bits per heavy atom. The van der Waals surface area contributed by atoms with Gasteiger partial charge in [-0.2, -0.15) is 0 Å². The van der Waals surface area contributed by atoms with E-state index in [1.165, 1.54) is 19.3 Å². The van der Waals surface area contributed by atoms with E-state index in [0.717, 1.165) is 12.8 Å². The van der Waals surface area contributed by atoms with Gasteiger partial charge < -0.3 is 28.8 Å². The molecular weight excluding hydrogens is 344 g/mol. The number of carboxylic acid groups (broad SMARTS) is 1. The molecule has 0 aliphatic heterocycles. The number of aliphatic carboxylic acids is 1. The number of rotatable bonds is 20. The number of carbonyl (C=O) groups excluding carboxylic acids is 1. The molecule has 8 heteroatoms. The van der Waals surface area contributed by atoms with Crippen molar-refractivity contribution < 1.29 is 38.4 Å². The molecule has 0 aliphatic rings. The van der Waals surface area contributed by atoms with Crippen molar-refractivity contribution in [3.05, 3.63) is 0 Å². The van der Waals surface area contributed by atoms with E-state index >= 15 is 0 Å². The summed E-state index contributed by atoms with van der Waals surface area (Å²) in [5.41, 5.74) is 0. The first kappa shape index (κ1) is 24.8. The molecule has 0 saturated carbocycles. The summed E-state index contributed by atoms with van der Waals surface area (Å²) >= 11 is 0. The molecule has 8 nitrogen and oxygen atoms in total. The van der Waals surface area contributed by atoms with Gasteiger partial charge in [-0.05, 0) is 6.42 Å². The molecule has 26 heavy (non-hydrogen) atoms. The molecule has 0 saturated heterocycles. The highest BCUT2D eigenvalue weighted by molar-refractivity contribution is 5.69. The molecule has 0 aliphatic carbocycles. The van der Waals surface area contributed by atoms with E-state index in [-0.39, 0.29) is 25.8 Å². The zero-order valence-electron chi connectivity index (χ0n) is 15.9. The van der Waals surface area contributed by atoms with E-state index in [2.05, 4.69) is 6.92 Å². The molecule has 0 aromatic carbocycles. The Bertz CT molecular complexity index is 335. The summed E-state index contributed by atoms with van der Waals surface area (Å²) in [5.74, 6) is -1.16. The van der Waals surface area contributed by atoms with Crippen LogP contribution in [0.5, 0.6) is 0 Å². The van der Waals surface area contributed by atoms with Crippen LogP contribution in [0.2, 0.25) is 0 Å². The van der Waals surface area contributed by atoms with Gasteiger partial charge in [0.15, 0.2) is 0 Å². The Hall–Kier alpha value is -1.22. The number of carboxylic acids is 1. The van der Waals surface area contributed by atoms with Crippen molar-refractivity contribution in [3.8, 4) is 0 Å². The van der Waals surface area contributed by atoms with E-state index in [9.17, 15) is 9.59 Å². The minimum Gasteiger partial charge on any atom is -0.480 e. The largest absolute Gasteiger partial charge is 0.480 e. The molecule has 0 heterocycles. The molecular formula is C18H34O8. The second-order valence-electron chi connectivity index (χ2n) is 5.67. The summed E-state index contributed by atoms with van der Waals surface area (Å²) in [5, 5.41) is 8.36. The SMILES string of the molecule is CCCCCCCC(=O)OCCOCCOCCOCCOCC(=O)O. The van der Waals surface area contributed by atoms with Crippen molar-refractivity contribution >= 4 is 11.9 Å². The number of hydrogen-bond donors (Lipinski definition) is 1. The van der Waals surface area contributed by atoms with Crippen LogP contribution in [0.1, 0.15) is 45.4 Å². The third kappa shape index (κ3) is 20.8. The van der Waals surface area contributed by atoms with Crippen LogP contribution in [-0.4, -0.2) is 76.5 Å². The maximum atomic E-state index is 11.5. The van der Waals surface area contributed by atoms with Gasteiger partial charge >= 0.3 is 11.9 Å².